The standard InChI is InChI=1S/C16H23Cl2N/c1-11(2)19-10-16(3,13-4-5-13)9-12-8-14(17)6-7-15(12)18/h6-8,11,13,19H,4-5,9-10H2,1-3H3. The number of rotatable bonds is 6. The second kappa shape index (κ2) is 6.03. The number of halogens is 2. The van der Waals surface area contributed by atoms with Gasteiger partial charge in [-0.2, -0.15) is 0 Å². The zero-order valence-electron chi connectivity index (χ0n) is 12.0. The molecule has 1 fully saturated rings. The van der Waals surface area contributed by atoms with Crippen molar-refractivity contribution in [2.24, 2.45) is 11.3 Å². The molecule has 1 aliphatic rings. The van der Waals surface area contributed by atoms with Crippen molar-refractivity contribution in [2.75, 3.05) is 6.54 Å². The first-order valence-electron chi connectivity index (χ1n) is 7.08. The second-order valence-corrected chi connectivity index (χ2v) is 7.22. The van der Waals surface area contributed by atoms with Crippen LogP contribution in [0.2, 0.25) is 10.0 Å². The number of nitrogens with one attached hydrogen (secondary N) is 1. The van der Waals surface area contributed by atoms with E-state index >= 15 is 0 Å². The molecule has 19 heavy (non-hydrogen) atoms. The van der Waals surface area contributed by atoms with E-state index in [1.165, 1.54) is 18.4 Å². The molecule has 0 heterocycles. The van der Waals surface area contributed by atoms with Crippen LogP contribution in [0, 0.1) is 11.3 Å². The van der Waals surface area contributed by atoms with Crippen LogP contribution in [0.4, 0.5) is 0 Å². The van der Waals surface area contributed by atoms with Crippen LogP contribution in [0.5, 0.6) is 0 Å². The maximum atomic E-state index is 6.31. The number of hydrogen-bond acceptors (Lipinski definition) is 1. The second-order valence-electron chi connectivity index (χ2n) is 6.38. The molecule has 2 rings (SSSR count). The summed E-state index contributed by atoms with van der Waals surface area (Å²) in [5.41, 5.74) is 1.45. The lowest BCUT2D eigenvalue weighted by Gasteiger charge is -2.32. The van der Waals surface area contributed by atoms with E-state index in [2.05, 4.69) is 26.1 Å². The van der Waals surface area contributed by atoms with E-state index in [0.29, 0.717) is 6.04 Å². The maximum Gasteiger partial charge on any atom is 0.0439 e. The molecule has 0 saturated heterocycles. The summed E-state index contributed by atoms with van der Waals surface area (Å²) in [7, 11) is 0. The summed E-state index contributed by atoms with van der Waals surface area (Å²) in [5, 5.41) is 5.19. The Labute approximate surface area is 126 Å². The van der Waals surface area contributed by atoms with E-state index < -0.39 is 0 Å². The van der Waals surface area contributed by atoms with Crippen LogP contribution in [-0.2, 0) is 6.42 Å². The van der Waals surface area contributed by atoms with Crippen molar-refractivity contribution in [1.29, 1.82) is 0 Å². The zero-order valence-corrected chi connectivity index (χ0v) is 13.5. The van der Waals surface area contributed by atoms with E-state index in [0.717, 1.165) is 28.9 Å². The van der Waals surface area contributed by atoms with Crippen LogP contribution in [0.3, 0.4) is 0 Å². The van der Waals surface area contributed by atoms with E-state index in [-0.39, 0.29) is 5.41 Å². The van der Waals surface area contributed by atoms with Crippen LogP contribution in [0.25, 0.3) is 0 Å². The lowest BCUT2D eigenvalue weighted by molar-refractivity contribution is 0.248. The average molecular weight is 300 g/mol. The molecule has 0 bridgehead atoms. The molecule has 1 aromatic rings. The van der Waals surface area contributed by atoms with Gasteiger partial charge in [0.15, 0.2) is 0 Å². The molecule has 1 aromatic carbocycles. The first-order valence-corrected chi connectivity index (χ1v) is 7.83. The van der Waals surface area contributed by atoms with Gasteiger partial charge in [0.1, 0.15) is 0 Å². The molecule has 1 saturated carbocycles. The molecular formula is C16H23Cl2N. The monoisotopic (exact) mass is 299 g/mol. The van der Waals surface area contributed by atoms with Gasteiger partial charge in [0, 0.05) is 22.6 Å². The van der Waals surface area contributed by atoms with Gasteiger partial charge in [-0.25, -0.2) is 0 Å². The maximum absolute atomic E-state index is 6.31. The molecule has 106 valence electrons. The smallest absolute Gasteiger partial charge is 0.0439 e. The first-order chi connectivity index (χ1) is 8.90. The van der Waals surface area contributed by atoms with Crippen LogP contribution in [-0.4, -0.2) is 12.6 Å². The van der Waals surface area contributed by atoms with Crippen molar-refractivity contribution in [2.45, 2.75) is 46.1 Å². The number of benzene rings is 1. The lowest BCUT2D eigenvalue weighted by Crippen LogP contribution is -2.38. The molecule has 1 aliphatic carbocycles. The summed E-state index contributed by atoms with van der Waals surface area (Å²) in [6.07, 6.45) is 3.68. The zero-order chi connectivity index (χ0) is 14.0. The average Bonchev–Trinajstić information content (AvgIpc) is 3.16. The summed E-state index contributed by atoms with van der Waals surface area (Å²) in [4.78, 5) is 0. The van der Waals surface area contributed by atoms with E-state index in [1.807, 2.05) is 18.2 Å². The van der Waals surface area contributed by atoms with Gasteiger partial charge in [-0.05, 0) is 54.4 Å². The first kappa shape index (κ1) is 15.2. The highest BCUT2D eigenvalue weighted by Crippen LogP contribution is 2.47. The summed E-state index contributed by atoms with van der Waals surface area (Å²) < 4.78 is 0. The Morgan fingerprint density at radius 2 is 2.00 bits per heavy atom. The van der Waals surface area contributed by atoms with Crippen molar-refractivity contribution >= 4 is 23.2 Å². The summed E-state index contributed by atoms with van der Waals surface area (Å²) in [6.45, 7) is 7.80. The highest BCUT2D eigenvalue weighted by molar-refractivity contribution is 6.33. The molecule has 0 aliphatic heterocycles. The lowest BCUT2D eigenvalue weighted by atomic mass is 9.78. The van der Waals surface area contributed by atoms with Gasteiger partial charge >= 0.3 is 0 Å². The Hall–Kier alpha value is -0.240. The van der Waals surface area contributed by atoms with Crippen LogP contribution in [0.15, 0.2) is 18.2 Å². The fraction of sp³-hybridized carbons (Fsp3) is 0.625. The third kappa shape index (κ3) is 4.11. The Kier molecular flexibility index (Phi) is 4.81. The van der Waals surface area contributed by atoms with Crippen molar-refractivity contribution in [3.63, 3.8) is 0 Å². The predicted octanol–water partition coefficient (Wildman–Crippen LogP) is 4.95. The summed E-state index contributed by atoms with van der Waals surface area (Å²) >= 11 is 12.4. The number of hydrogen-bond donors (Lipinski definition) is 1. The summed E-state index contributed by atoms with van der Waals surface area (Å²) in [6, 6.07) is 6.30. The van der Waals surface area contributed by atoms with E-state index in [4.69, 9.17) is 23.2 Å². The van der Waals surface area contributed by atoms with Crippen LogP contribution < -0.4 is 5.32 Å². The molecule has 1 unspecified atom stereocenters. The molecule has 3 heteroatoms. The quantitative estimate of drug-likeness (QED) is 0.783. The van der Waals surface area contributed by atoms with Gasteiger partial charge in [-0.1, -0.05) is 44.0 Å². The van der Waals surface area contributed by atoms with Crippen molar-refractivity contribution in [3.05, 3.63) is 33.8 Å². The third-order valence-corrected chi connectivity index (χ3v) is 4.68. The van der Waals surface area contributed by atoms with Gasteiger partial charge in [-0.3, -0.25) is 0 Å². The third-order valence-electron chi connectivity index (χ3n) is 4.08. The fourth-order valence-corrected chi connectivity index (χ4v) is 3.06. The topological polar surface area (TPSA) is 12.0 Å². The Balaban J connectivity index is 2.13. The minimum atomic E-state index is 0.276. The summed E-state index contributed by atoms with van der Waals surface area (Å²) in [5.74, 6) is 0.814. The van der Waals surface area contributed by atoms with E-state index in [9.17, 15) is 0 Å². The van der Waals surface area contributed by atoms with Crippen molar-refractivity contribution in [3.8, 4) is 0 Å². The Morgan fingerprint density at radius 3 is 2.58 bits per heavy atom. The molecule has 0 aromatic heterocycles. The predicted molar refractivity (Wildman–Crippen MR) is 84.1 cm³/mol. The Morgan fingerprint density at radius 1 is 1.32 bits per heavy atom. The van der Waals surface area contributed by atoms with Gasteiger partial charge in [0.25, 0.3) is 0 Å². The molecule has 1 atom stereocenters. The normalized spacial score (nSPS) is 18.6. The van der Waals surface area contributed by atoms with Crippen LogP contribution in [0.1, 0.15) is 39.2 Å². The highest BCUT2D eigenvalue weighted by atomic mass is 35.5. The molecular weight excluding hydrogens is 277 g/mol. The van der Waals surface area contributed by atoms with Crippen molar-refractivity contribution < 1.29 is 0 Å². The fourth-order valence-electron chi connectivity index (χ4n) is 2.68. The molecule has 1 nitrogen and oxygen atoms in total. The molecule has 0 spiro atoms. The molecule has 0 radical (unpaired) electrons. The highest BCUT2D eigenvalue weighted by Gasteiger charge is 2.41. The van der Waals surface area contributed by atoms with Gasteiger partial charge in [-0.15, -0.1) is 0 Å². The van der Waals surface area contributed by atoms with Crippen molar-refractivity contribution in [1.82, 2.24) is 5.32 Å². The van der Waals surface area contributed by atoms with Gasteiger partial charge in [0.2, 0.25) is 0 Å². The molecule has 1 N–H and O–H groups in total. The SMILES string of the molecule is CC(C)NCC(C)(Cc1cc(Cl)ccc1Cl)C1CC1. The largest absolute Gasteiger partial charge is 0.314 e. The van der Waals surface area contributed by atoms with Gasteiger partial charge in [0.05, 0.1) is 0 Å². The van der Waals surface area contributed by atoms with E-state index in [1.54, 1.807) is 0 Å². The van der Waals surface area contributed by atoms with Crippen LogP contribution >= 0.6 is 23.2 Å². The minimum absolute atomic E-state index is 0.276. The molecule has 0 amide bonds. The minimum Gasteiger partial charge on any atom is -0.314 e. The van der Waals surface area contributed by atoms with Gasteiger partial charge < -0.3 is 5.32 Å². The Bertz CT molecular complexity index is 440.